The van der Waals surface area contributed by atoms with E-state index in [0.29, 0.717) is 5.92 Å². The van der Waals surface area contributed by atoms with Crippen LogP contribution in [0.25, 0.3) is 0 Å². The summed E-state index contributed by atoms with van der Waals surface area (Å²) in [6.45, 7) is 6.80. The number of rotatable bonds is 7. The molecule has 1 saturated carbocycles. The Morgan fingerprint density at radius 2 is 2.10 bits per heavy atom. The van der Waals surface area contributed by atoms with Gasteiger partial charge in [-0.3, -0.25) is 0 Å². The van der Waals surface area contributed by atoms with Crippen LogP contribution in [-0.4, -0.2) is 24.0 Å². The highest BCUT2D eigenvalue weighted by molar-refractivity contribution is 9.10. The van der Waals surface area contributed by atoms with Gasteiger partial charge in [-0.05, 0) is 42.9 Å². The smallest absolute Gasteiger partial charge is 0.0464 e. The van der Waals surface area contributed by atoms with Crippen molar-refractivity contribution in [3.05, 3.63) is 33.3 Å². The van der Waals surface area contributed by atoms with Gasteiger partial charge in [0.25, 0.3) is 0 Å². The van der Waals surface area contributed by atoms with Crippen LogP contribution >= 0.6 is 27.5 Å². The Hall–Kier alpha value is -0.0900. The zero-order valence-corrected chi connectivity index (χ0v) is 14.6. The summed E-state index contributed by atoms with van der Waals surface area (Å²) in [5, 5.41) is 0.758. The molecule has 0 radical (unpaired) electrons. The van der Waals surface area contributed by atoms with Crippen molar-refractivity contribution in [3.63, 3.8) is 0 Å². The standard InChI is InChI=1S/C16H24BrClN2/c1-11(2)10-20(13-4-5-13)8-7-16(19)14-6-3-12(17)9-15(14)18/h3,6,9,11,13,16H,4-5,7-8,10,19H2,1-2H3. The second-order valence-corrected chi connectivity index (χ2v) is 7.50. The first-order valence-corrected chi connectivity index (χ1v) is 8.59. The second-order valence-electron chi connectivity index (χ2n) is 6.18. The Kier molecular flexibility index (Phi) is 5.91. The third kappa shape index (κ3) is 4.73. The first-order valence-electron chi connectivity index (χ1n) is 7.42. The van der Waals surface area contributed by atoms with Crippen molar-refractivity contribution in [1.82, 2.24) is 4.90 Å². The molecule has 1 aliphatic rings. The van der Waals surface area contributed by atoms with Crippen molar-refractivity contribution in [2.24, 2.45) is 11.7 Å². The maximum Gasteiger partial charge on any atom is 0.0464 e. The number of benzene rings is 1. The van der Waals surface area contributed by atoms with Gasteiger partial charge < -0.3 is 10.6 Å². The lowest BCUT2D eigenvalue weighted by atomic mass is 10.0. The highest BCUT2D eigenvalue weighted by Crippen LogP contribution is 2.30. The number of nitrogens with two attached hydrogens (primary N) is 1. The van der Waals surface area contributed by atoms with E-state index in [0.717, 1.165) is 34.1 Å². The SMILES string of the molecule is CC(C)CN(CCC(N)c1ccc(Br)cc1Cl)C1CC1. The lowest BCUT2D eigenvalue weighted by Gasteiger charge is -2.25. The van der Waals surface area contributed by atoms with E-state index in [1.54, 1.807) is 0 Å². The van der Waals surface area contributed by atoms with Gasteiger partial charge in [0, 0.05) is 34.7 Å². The summed E-state index contributed by atoms with van der Waals surface area (Å²) < 4.78 is 0.998. The van der Waals surface area contributed by atoms with Crippen LogP contribution in [0.5, 0.6) is 0 Å². The van der Waals surface area contributed by atoms with E-state index >= 15 is 0 Å². The number of nitrogens with zero attached hydrogens (tertiary/aromatic N) is 1. The van der Waals surface area contributed by atoms with Crippen molar-refractivity contribution in [3.8, 4) is 0 Å². The lowest BCUT2D eigenvalue weighted by molar-refractivity contribution is 0.226. The first-order chi connectivity index (χ1) is 9.47. The van der Waals surface area contributed by atoms with Crippen molar-refractivity contribution >= 4 is 27.5 Å². The molecule has 0 aliphatic heterocycles. The van der Waals surface area contributed by atoms with E-state index in [1.807, 2.05) is 18.2 Å². The Bertz CT molecular complexity index is 446. The van der Waals surface area contributed by atoms with Crippen LogP contribution < -0.4 is 5.73 Å². The maximum absolute atomic E-state index is 6.32. The van der Waals surface area contributed by atoms with Crippen LogP contribution in [0, 0.1) is 5.92 Å². The fourth-order valence-electron chi connectivity index (χ4n) is 2.59. The summed E-state index contributed by atoms with van der Waals surface area (Å²) in [5.74, 6) is 0.711. The third-order valence-corrected chi connectivity index (χ3v) is 4.57. The van der Waals surface area contributed by atoms with Gasteiger partial charge in [-0.1, -0.05) is 47.4 Å². The molecule has 0 amide bonds. The monoisotopic (exact) mass is 358 g/mol. The fourth-order valence-corrected chi connectivity index (χ4v) is 3.41. The van der Waals surface area contributed by atoms with Crippen molar-refractivity contribution in [1.29, 1.82) is 0 Å². The molecule has 1 fully saturated rings. The molecule has 112 valence electrons. The summed E-state index contributed by atoms with van der Waals surface area (Å²) in [6.07, 6.45) is 3.66. The molecule has 1 atom stereocenters. The molecular formula is C16H24BrClN2. The molecule has 4 heteroatoms. The zero-order valence-electron chi connectivity index (χ0n) is 12.3. The molecule has 0 aromatic heterocycles. The molecule has 2 rings (SSSR count). The summed E-state index contributed by atoms with van der Waals surface area (Å²) >= 11 is 9.70. The van der Waals surface area contributed by atoms with Crippen LogP contribution in [0.2, 0.25) is 5.02 Å². The van der Waals surface area contributed by atoms with E-state index in [-0.39, 0.29) is 6.04 Å². The molecule has 0 heterocycles. The molecule has 0 spiro atoms. The van der Waals surface area contributed by atoms with Crippen LogP contribution in [-0.2, 0) is 0 Å². The lowest BCUT2D eigenvalue weighted by Crippen LogP contribution is -2.32. The number of hydrogen-bond acceptors (Lipinski definition) is 2. The molecule has 1 aliphatic carbocycles. The van der Waals surface area contributed by atoms with Crippen LogP contribution in [0.4, 0.5) is 0 Å². The van der Waals surface area contributed by atoms with Crippen molar-refractivity contribution < 1.29 is 0 Å². The minimum absolute atomic E-state index is 0.0176. The average molecular weight is 360 g/mol. The molecular weight excluding hydrogens is 336 g/mol. The van der Waals surface area contributed by atoms with Gasteiger partial charge in [-0.2, -0.15) is 0 Å². The maximum atomic E-state index is 6.32. The Morgan fingerprint density at radius 3 is 2.65 bits per heavy atom. The van der Waals surface area contributed by atoms with Crippen LogP contribution in [0.1, 0.15) is 44.7 Å². The molecule has 2 N–H and O–H groups in total. The molecule has 0 bridgehead atoms. The van der Waals surface area contributed by atoms with E-state index in [2.05, 4.69) is 34.7 Å². The van der Waals surface area contributed by atoms with Crippen molar-refractivity contribution in [2.45, 2.75) is 45.2 Å². The Morgan fingerprint density at radius 1 is 1.40 bits per heavy atom. The summed E-state index contributed by atoms with van der Waals surface area (Å²) in [7, 11) is 0. The zero-order chi connectivity index (χ0) is 14.7. The predicted molar refractivity (Wildman–Crippen MR) is 90.1 cm³/mol. The van der Waals surface area contributed by atoms with Crippen molar-refractivity contribution in [2.75, 3.05) is 13.1 Å². The quantitative estimate of drug-likeness (QED) is 0.770. The minimum Gasteiger partial charge on any atom is -0.324 e. The van der Waals surface area contributed by atoms with Crippen LogP contribution in [0.3, 0.4) is 0 Å². The fraction of sp³-hybridized carbons (Fsp3) is 0.625. The van der Waals surface area contributed by atoms with E-state index in [9.17, 15) is 0 Å². The topological polar surface area (TPSA) is 29.3 Å². The summed E-state index contributed by atoms with van der Waals surface area (Å²) in [6, 6.07) is 6.77. The molecule has 20 heavy (non-hydrogen) atoms. The first kappa shape index (κ1) is 16.3. The normalized spacial score (nSPS) is 16.9. The molecule has 0 saturated heterocycles. The Labute approximate surface area is 135 Å². The number of halogens is 2. The van der Waals surface area contributed by atoms with Gasteiger partial charge in [0.15, 0.2) is 0 Å². The molecule has 1 unspecified atom stereocenters. The summed E-state index contributed by atoms with van der Waals surface area (Å²) in [5.41, 5.74) is 7.37. The van der Waals surface area contributed by atoms with Gasteiger partial charge in [-0.25, -0.2) is 0 Å². The van der Waals surface area contributed by atoms with E-state index in [4.69, 9.17) is 17.3 Å². The van der Waals surface area contributed by atoms with Gasteiger partial charge in [0.05, 0.1) is 0 Å². The second kappa shape index (κ2) is 7.26. The predicted octanol–water partition coefficient (Wildman–Crippen LogP) is 4.61. The molecule has 1 aromatic carbocycles. The molecule has 2 nitrogen and oxygen atoms in total. The highest BCUT2D eigenvalue weighted by Gasteiger charge is 2.29. The Balaban J connectivity index is 1.91. The van der Waals surface area contributed by atoms with E-state index < -0.39 is 0 Å². The van der Waals surface area contributed by atoms with E-state index in [1.165, 1.54) is 19.4 Å². The third-order valence-electron chi connectivity index (χ3n) is 3.75. The molecule has 1 aromatic rings. The van der Waals surface area contributed by atoms with Gasteiger partial charge in [0.1, 0.15) is 0 Å². The highest BCUT2D eigenvalue weighted by atomic mass is 79.9. The minimum atomic E-state index is 0.0176. The largest absolute Gasteiger partial charge is 0.324 e. The van der Waals surface area contributed by atoms with Gasteiger partial charge in [-0.15, -0.1) is 0 Å². The average Bonchev–Trinajstić information content (AvgIpc) is 3.17. The number of hydrogen-bond donors (Lipinski definition) is 1. The summed E-state index contributed by atoms with van der Waals surface area (Å²) in [4.78, 5) is 2.59. The van der Waals surface area contributed by atoms with Crippen LogP contribution in [0.15, 0.2) is 22.7 Å². The van der Waals surface area contributed by atoms with Gasteiger partial charge >= 0.3 is 0 Å². The van der Waals surface area contributed by atoms with Gasteiger partial charge in [0.2, 0.25) is 0 Å².